The van der Waals surface area contributed by atoms with E-state index in [4.69, 9.17) is 0 Å². The molecule has 0 saturated carbocycles. The molecule has 0 aliphatic carbocycles. The Morgan fingerprint density at radius 3 is 2.58 bits per heavy atom. The maximum absolute atomic E-state index is 11.3. The second-order valence-corrected chi connectivity index (χ2v) is 3.83. The lowest BCUT2D eigenvalue weighted by atomic mass is 10.2. The smallest absolute Gasteiger partial charge is 0.305 e. The maximum atomic E-state index is 11.3. The lowest BCUT2D eigenvalue weighted by molar-refractivity contribution is -0.173. The van der Waals surface area contributed by atoms with E-state index in [1.54, 1.807) is 18.2 Å². The SMILES string of the molecule is CC(=O)OC(O)C(=O)CC=CC=Cc1ccccc1. The van der Waals surface area contributed by atoms with Gasteiger partial charge >= 0.3 is 5.97 Å². The molecule has 1 N–H and O–H groups in total. The van der Waals surface area contributed by atoms with Crippen molar-refractivity contribution >= 4 is 17.8 Å². The van der Waals surface area contributed by atoms with Crippen molar-refractivity contribution in [3.63, 3.8) is 0 Å². The molecule has 4 heteroatoms. The van der Waals surface area contributed by atoms with Gasteiger partial charge in [0.15, 0.2) is 0 Å². The van der Waals surface area contributed by atoms with Crippen LogP contribution < -0.4 is 0 Å². The zero-order valence-corrected chi connectivity index (χ0v) is 10.7. The summed E-state index contributed by atoms with van der Waals surface area (Å²) in [5.41, 5.74) is 1.05. The minimum Gasteiger partial charge on any atom is -0.428 e. The van der Waals surface area contributed by atoms with Crippen LogP contribution in [-0.2, 0) is 14.3 Å². The molecule has 0 heterocycles. The Hall–Kier alpha value is -2.20. The zero-order chi connectivity index (χ0) is 14.1. The number of Topliss-reactive ketones (excluding diaryl/α,β-unsaturated/α-hetero) is 1. The Morgan fingerprint density at radius 1 is 1.26 bits per heavy atom. The van der Waals surface area contributed by atoms with Gasteiger partial charge in [0.05, 0.1) is 0 Å². The number of aliphatic hydroxyl groups excluding tert-OH is 1. The van der Waals surface area contributed by atoms with Crippen LogP contribution >= 0.6 is 0 Å². The van der Waals surface area contributed by atoms with Crippen molar-refractivity contribution in [3.8, 4) is 0 Å². The highest BCUT2D eigenvalue weighted by molar-refractivity contribution is 5.84. The first kappa shape index (κ1) is 14.9. The lowest BCUT2D eigenvalue weighted by Gasteiger charge is -2.06. The molecule has 0 fully saturated rings. The first-order chi connectivity index (χ1) is 9.09. The van der Waals surface area contributed by atoms with Crippen molar-refractivity contribution in [2.75, 3.05) is 0 Å². The van der Waals surface area contributed by atoms with Crippen LogP contribution in [0.1, 0.15) is 18.9 Å². The largest absolute Gasteiger partial charge is 0.428 e. The molecule has 0 amide bonds. The molecule has 1 aromatic rings. The molecule has 1 aromatic carbocycles. The van der Waals surface area contributed by atoms with Crippen LogP contribution in [0.25, 0.3) is 6.08 Å². The quantitative estimate of drug-likeness (QED) is 0.483. The van der Waals surface area contributed by atoms with E-state index in [0.717, 1.165) is 12.5 Å². The van der Waals surface area contributed by atoms with Crippen molar-refractivity contribution < 1.29 is 19.4 Å². The monoisotopic (exact) mass is 260 g/mol. The van der Waals surface area contributed by atoms with Gasteiger partial charge in [0.2, 0.25) is 5.78 Å². The number of benzene rings is 1. The van der Waals surface area contributed by atoms with Crippen molar-refractivity contribution in [2.24, 2.45) is 0 Å². The van der Waals surface area contributed by atoms with E-state index in [2.05, 4.69) is 4.74 Å². The normalized spacial score (nSPS) is 12.7. The predicted molar refractivity (Wildman–Crippen MR) is 72.0 cm³/mol. The minimum atomic E-state index is -1.68. The van der Waals surface area contributed by atoms with E-state index in [1.165, 1.54) is 0 Å². The topological polar surface area (TPSA) is 63.6 Å². The fourth-order valence-corrected chi connectivity index (χ4v) is 1.32. The Labute approximate surface area is 112 Å². The third-order valence-electron chi connectivity index (χ3n) is 2.21. The molecule has 1 unspecified atom stereocenters. The average molecular weight is 260 g/mol. The molecule has 1 rings (SSSR count). The summed E-state index contributed by atoms with van der Waals surface area (Å²) in [7, 11) is 0. The summed E-state index contributed by atoms with van der Waals surface area (Å²) in [5, 5.41) is 9.18. The molecule has 4 nitrogen and oxygen atoms in total. The van der Waals surface area contributed by atoms with Crippen LogP contribution in [0.3, 0.4) is 0 Å². The number of aliphatic hydroxyl groups is 1. The predicted octanol–water partition coefficient (Wildman–Crippen LogP) is 2.10. The molecule has 0 bridgehead atoms. The van der Waals surface area contributed by atoms with Crippen LogP contribution in [0.4, 0.5) is 0 Å². The third kappa shape index (κ3) is 6.33. The summed E-state index contributed by atoms with van der Waals surface area (Å²) in [6, 6.07) is 9.72. The maximum Gasteiger partial charge on any atom is 0.305 e. The minimum absolute atomic E-state index is 0.00752. The highest BCUT2D eigenvalue weighted by Gasteiger charge is 2.15. The molecule has 0 spiro atoms. The van der Waals surface area contributed by atoms with E-state index in [0.29, 0.717) is 0 Å². The van der Waals surface area contributed by atoms with E-state index < -0.39 is 18.0 Å². The van der Waals surface area contributed by atoms with Gasteiger partial charge in [0.25, 0.3) is 6.29 Å². The number of hydrogen-bond donors (Lipinski definition) is 1. The Balaban J connectivity index is 2.36. The van der Waals surface area contributed by atoms with Crippen molar-refractivity contribution in [1.82, 2.24) is 0 Å². The number of esters is 1. The van der Waals surface area contributed by atoms with E-state index >= 15 is 0 Å². The van der Waals surface area contributed by atoms with Crippen LogP contribution in [0.2, 0.25) is 0 Å². The molecule has 100 valence electrons. The standard InChI is InChI=1S/C15H16O4/c1-12(16)19-15(18)14(17)11-7-3-6-10-13-8-4-2-5-9-13/h2-10,15,18H,11H2,1H3. The number of carbonyl (C=O) groups excluding carboxylic acids is 2. The van der Waals surface area contributed by atoms with Crippen LogP contribution in [0.5, 0.6) is 0 Å². The molecule has 19 heavy (non-hydrogen) atoms. The second-order valence-electron chi connectivity index (χ2n) is 3.83. The van der Waals surface area contributed by atoms with E-state index in [-0.39, 0.29) is 6.42 Å². The lowest BCUT2D eigenvalue weighted by Crippen LogP contribution is -2.25. The van der Waals surface area contributed by atoms with Crippen LogP contribution in [-0.4, -0.2) is 23.1 Å². The molecule has 0 aliphatic rings. The van der Waals surface area contributed by atoms with Gasteiger partial charge in [-0.15, -0.1) is 0 Å². The average Bonchev–Trinajstić information content (AvgIpc) is 2.38. The first-order valence-corrected chi connectivity index (χ1v) is 5.86. The van der Waals surface area contributed by atoms with Crippen LogP contribution in [0.15, 0.2) is 48.6 Å². The second kappa shape index (κ2) is 8.00. The Bertz CT molecular complexity index is 474. The number of carbonyl (C=O) groups is 2. The zero-order valence-electron chi connectivity index (χ0n) is 10.7. The van der Waals surface area contributed by atoms with Gasteiger partial charge in [-0.1, -0.05) is 54.6 Å². The summed E-state index contributed by atoms with van der Waals surface area (Å²) in [6.45, 7) is 1.13. The Kier molecular flexibility index (Phi) is 6.26. The van der Waals surface area contributed by atoms with Crippen molar-refractivity contribution in [1.29, 1.82) is 0 Å². The molecule has 0 radical (unpaired) electrons. The van der Waals surface area contributed by atoms with Gasteiger partial charge in [0.1, 0.15) is 0 Å². The highest BCUT2D eigenvalue weighted by atomic mass is 16.6. The first-order valence-electron chi connectivity index (χ1n) is 5.86. The fourth-order valence-electron chi connectivity index (χ4n) is 1.32. The summed E-state index contributed by atoms with van der Waals surface area (Å²) < 4.78 is 4.35. The fraction of sp³-hybridized carbons (Fsp3) is 0.200. The number of ether oxygens (including phenoxy) is 1. The van der Waals surface area contributed by atoms with Gasteiger partial charge in [0, 0.05) is 13.3 Å². The highest BCUT2D eigenvalue weighted by Crippen LogP contribution is 2.01. The van der Waals surface area contributed by atoms with Crippen LogP contribution in [0, 0.1) is 0 Å². The van der Waals surface area contributed by atoms with Gasteiger partial charge < -0.3 is 9.84 Å². The molecular formula is C15H16O4. The summed E-state index contributed by atoms with van der Waals surface area (Å²) in [6.07, 6.45) is 5.30. The Morgan fingerprint density at radius 2 is 1.95 bits per heavy atom. The molecule has 0 saturated heterocycles. The summed E-state index contributed by atoms with van der Waals surface area (Å²) in [4.78, 5) is 21.8. The van der Waals surface area contributed by atoms with E-state index in [9.17, 15) is 14.7 Å². The number of hydrogen-bond acceptors (Lipinski definition) is 4. The molecule has 0 aliphatic heterocycles. The number of rotatable bonds is 6. The van der Waals surface area contributed by atoms with E-state index in [1.807, 2.05) is 36.4 Å². The third-order valence-corrected chi connectivity index (χ3v) is 2.21. The summed E-state index contributed by atoms with van der Waals surface area (Å²) in [5.74, 6) is -1.24. The van der Waals surface area contributed by atoms with Gasteiger partial charge in [-0.2, -0.15) is 0 Å². The number of ketones is 1. The van der Waals surface area contributed by atoms with Crippen molar-refractivity contribution in [2.45, 2.75) is 19.6 Å². The molecule has 0 aromatic heterocycles. The number of allylic oxidation sites excluding steroid dienone is 3. The van der Waals surface area contributed by atoms with Crippen molar-refractivity contribution in [3.05, 3.63) is 54.1 Å². The summed E-state index contributed by atoms with van der Waals surface area (Å²) >= 11 is 0. The van der Waals surface area contributed by atoms with Gasteiger partial charge in [-0.05, 0) is 5.56 Å². The molecule has 1 atom stereocenters. The van der Waals surface area contributed by atoms with Gasteiger partial charge in [-0.25, -0.2) is 0 Å². The van der Waals surface area contributed by atoms with Gasteiger partial charge in [-0.3, -0.25) is 9.59 Å². The molecular weight excluding hydrogens is 244 g/mol.